The first-order valence-corrected chi connectivity index (χ1v) is 1.38. The van der Waals surface area contributed by atoms with E-state index >= 15 is 0 Å². The van der Waals surface area contributed by atoms with Gasteiger partial charge in [0.25, 0.3) is 0 Å². The monoisotopic (exact) mass is 93.1 g/mol. The van der Waals surface area contributed by atoms with Crippen LogP contribution in [0.25, 0.3) is 0 Å². The zero-order valence-electron chi connectivity index (χ0n) is 8.06. The zero-order chi connectivity index (χ0) is 9.28. The number of hydrogen-bond acceptors (Lipinski definition) is 1. The molecule has 0 aliphatic rings. The van der Waals surface area contributed by atoms with Crippen LogP contribution >= 0.6 is 0 Å². The van der Waals surface area contributed by atoms with Crippen LogP contribution in [0.1, 0.15) is 26.5 Å². The summed E-state index contributed by atoms with van der Waals surface area (Å²) in [6.45, 7) is -2.87. The third-order valence-electron chi connectivity index (χ3n) is 0.240. The van der Waals surface area contributed by atoms with Gasteiger partial charge in [-0.15, -0.1) is 0 Å². The summed E-state index contributed by atoms with van der Waals surface area (Å²) in [7, 11) is 0. The van der Waals surface area contributed by atoms with Crippen LogP contribution in [-0.4, -0.2) is 11.1 Å². The van der Waals surface area contributed by atoms with E-state index in [1.807, 2.05) is 0 Å². The summed E-state index contributed by atoms with van der Waals surface area (Å²) >= 11 is 0. The van der Waals surface area contributed by atoms with Crippen molar-refractivity contribution in [1.29, 1.82) is 0 Å². The molecule has 0 spiro atoms. The topological polar surface area (TPSA) is 37.3 Å². The Kier molecular flexibility index (Phi) is 0.547. The normalized spacial score (nSPS) is 25.0. The number of carbonyl (C=O) groups is 1. The van der Waals surface area contributed by atoms with Gasteiger partial charge in [-0.05, 0) is 6.37 Å². The summed E-state index contributed by atoms with van der Waals surface area (Å²) in [4.78, 5) is 9.97. The number of hydrogen-bond donors (Lipinski definition) is 1. The van der Waals surface area contributed by atoms with E-state index in [4.69, 9.17) is 12.0 Å². The lowest BCUT2D eigenvalue weighted by molar-refractivity contribution is -0.137. The average molecular weight is 93.1 g/mol. The van der Waals surface area contributed by atoms with Crippen molar-refractivity contribution in [1.82, 2.24) is 0 Å². The van der Waals surface area contributed by atoms with E-state index < -0.39 is 25.6 Å². The Balaban J connectivity index is 4.34. The summed E-state index contributed by atoms with van der Waals surface area (Å²) in [6, 6.07) is 0. The first-order chi connectivity index (χ1) is 4.67. The summed E-state index contributed by atoms with van der Waals surface area (Å²) in [5.74, 6) is -1.45. The second-order valence-electron chi connectivity index (χ2n) is 0.747. The van der Waals surface area contributed by atoms with Crippen LogP contribution in [-0.2, 0) is 4.79 Å². The maximum Gasteiger partial charge on any atom is 0.303 e. The molecule has 0 atom stereocenters. The maximum atomic E-state index is 9.97. The Labute approximate surface area is 43.8 Å². The molecule has 6 heavy (non-hydrogen) atoms. The Bertz CT molecular complexity index is 160. The van der Waals surface area contributed by atoms with Gasteiger partial charge >= 0.3 is 5.97 Å². The lowest BCUT2D eigenvalue weighted by atomic mass is 10.4. The second kappa shape index (κ2) is 2.69. The third kappa shape index (κ3) is 3.47. The van der Waals surface area contributed by atoms with Crippen molar-refractivity contribution in [2.24, 2.45) is 0 Å². The fourth-order valence-corrected chi connectivity index (χ4v) is 0.0756. The third-order valence-corrected chi connectivity index (χ3v) is 0.240. The standard InChI is InChI=1S/C4H8O2/c1-2-3-4(5)6/h2-3H2,1H3,(H,5,6)/i1D3,2D2. The first-order valence-electron chi connectivity index (χ1n) is 3.88. The van der Waals surface area contributed by atoms with E-state index in [-0.39, 0.29) is 0 Å². The molecule has 0 bridgehead atoms. The maximum absolute atomic E-state index is 9.97. The fourth-order valence-electron chi connectivity index (χ4n) is 0.0756. The van der Waals surface area contributed by atoms with Gasteiger partial charge < -0.3 is 5.11 Å². The van der Waals surface area contributed by atoms with Crippen molar-refractivity contribution < 1.29 is 16.8 Å². The molecule has 1 N–H and O–H groups in total. The SMILES string of the molecule is [2H]C([2H])([2H])C([2H])([2H])CC(=O)O. The lowest BCUT2D eigenvalue weighted by Crippen LogP contribution is -1.90. The van der Waals surface area contributed by atoms with Crippen LogP contribution in [0.5, 0.6) is 0 Å². The van der Waals surface area contributed by atoms with E-state index in [0.29, 0.717) is 0 Å². The number of carboxylic acid groups (broad SMARTS) is 1. The van der Waals surface area contributed by atoms with Gasteiger partial charge in [0, 0.05) is 13.3 Å². The molecule has 0 aliphatic heterocycles. The number of carboxylic acids is 1. The highest BCUT2D eigenvalue weighted by Gasteiger charge is 1.87. The quantitative estimate of drug-likeness (QED) is 0.550. The molecule has 0 amide bonds. The molecule has 0 saturated carbocycles. The number of aliphatic carboxylic acids is 1. The molecule has 0 aromatic heterocycles. The molecule has 0 aromatic rings. The van der Waals surface area contributed by atoms with Crippen LogP contribution in [0.2, 0.25) is 0 Å². The summed E-state index contributed by atoms with van der Waals surface area (Å²) in [5.41, 5.74) is 0. The molecule has 2 nitrogen and oxygen atoms in total. The van der Waals surface area contributed by atoms with E-state index in [2.05, 4.69) is 0 Å². The highest BCUT2D eigenvalue weighted by molar-refractivity contribution is 5.66. The van der Waals surface area contributed by atoms with Crippen molar-refractivity contribution in [3.8, 4) is 0 Å². The summed E-state index contributed by atoms with van der Waals surface area (Å²) < 4.78 is 33.5. The lowest BCUT2D eigenvalue weighted by Gasteiger charge is -1.79. The van der Waals surface area contributed by atoms with E-state index in [1.54, 1.807) is 0 Å². The summed E-state index contributed by atoms with van der Waals surface area (Å²) in [6.07, 6.45) is -3.64. The van der Waals surface area contributed by atoms with Gasteiger partial charge in [-0.25, -0.2) is 0 Å². The minimum atomic E-state index is -2.87. The smallest absolute Gasteiger partial charge is 0.303 e. The Morgan fingerprint density at radius 3 is 3.17 bits per heavy atom. The molecule has 0 aliphatic carbocycles. The number of rotatable bonds is 2. The first kappa shape index (κ1) is 1.22. The molecule has 0 fully saturated rings. The molecule has 0 unspecified atom stereocenters. The molecule has 36 valence electrons. The van der Waals surface area contributed by atoms with Crippen molar-refractivity contribution >= 4 is 5.97 Å². The molecule has 0 rings (SSSR count). The van der Waals surface area contributed by atoms with Gasteiger partial charge in [0.05, 0.1) is 0 Å². The van der Waals surface area contributed by atoms with Gasteiger partial charge in [-0.1, -0.05) is 6.85 Å². The Morgan fingerprint density at radius 1 is 2.33 bits per heavy atom. The minimum Gasteiger partial charge on any atom is -0.481 e. The van der Waals surface area contributed by atoms with Crippen LogP contribution in [0, 0.1) is 0 Å². The largest absolute Gasteiger partial charge is 0.481 e. The van der Waals surface area contributed by atoms with Gasteiger partial charge in [-0.2, -0.15) is 0 Å². The molecule has 0 aromatic carbocycles. The second-order valence-corrected chi connectivity index (χ2v) is 0.747. The Morgan fingerprint density at radius 2 is 3.00 bits per heavy atom. The van der Waals surface area contributed by atoms with Crippen molar-refractivity contribution in [3.05, 3.63) is 0 Å². The molecular weight excluding hydrogens is 80.0 g/mol. The molecular formula is C4H8O2. The molecule has 0 heterocycles. The van der Waals surface area contributed by atoms with Crippen molar-refractivity contribution in [2.45, 2.75) is 19.6 Å². The average Bonchev–Trinajstić information content (AvgIpc) is 1.56. The van der Waals surface area contributed by atoms with Gasteiger partial charge in [-0.3, -0.25) is 4.79 Å². The molecule has 0 radical (unpaired) electrons. The molecule has 2 heteroatoms. The predicted octanol–water partition coefficient (Wildman–Crippen LogP) is 0.871. The van der Waals surface area contributed by atoms with Gasteiger partial charge in [0.2, 0.25) is 0 Å². The predicted molar refractivity (Wildman–Crippen MR) is 22.5 cm³/mol. The zero-order valence-corrected chi connectivity index (χ0v) is 3.06. The highest BCUT2D eigenvalue weighted by Crippen LogP contribution is 1.82. The fraction of sp³-hybridized carbons (Fsp3) is 0.750. The van der Waals surface area contributed by atoms with Crippen LogP contribution in [0.3, 0.4) is 0 Å². The summed E-state index contributed by atoms with van der Waals surface area (Å²) in [5, 5.41) is 8.12. The van der Waals surface area contributed by atoms with Crippen molar-refractivity contribution in [3.63, 3.8) is 0 Å². The van der Waals surface area contributed by atoms with Crippen molar-refractivity contribution in [2.75, 3.05) is 0 Å². The van der Waals surface area contributed by atoms with Gasteiger partial charge in [0.1, 0.15) is 0 Å². The highest BCUT2D eigenvalue weighted by atomic mass is 16.4. The van der Waals surface area contributed by atoms with Gasteiger partial charge in [0.15, 0.2) is 0 Å². The van der Waals surface area contributed by atoms with Crippen LogP contribution < -0.4 is 0 Å². The minimum absolute atomic E-state index is 0.997. The van der Waals surface area contributed by atoms with Crippen LogP contribution in [0.4, 0.5) is 0 Å². The molecule has 0 saturated heterocycles. The van der Waals surface area contributed by atoms with Crippen LogP contribution in [0.15, 0.2) is 0 Å². The van der Waals surface area contributed by atoms with E-state index in [9.17, 15) is 4.79 Å². The van der Waals surface area contributed by atoms with E-state index in [1.165, 1.54) is 0 Å². The Hall–Kier alpha value is -0.530. The van der Waals surface area contributed by atoms with E-state index in [0.717, 1.165) is 0 Å².